The van der Waals surface area contributed by atoms with Crippen LogP contribution in [0.1, 0.15) is 43.6 Å². The van der Waals surface area contributed by atoms with Gasteiger partial charge in [-0.3, -0.25) is 0 Å². The lowest BCUT2D eigenvalue weighted by molar-refractivity contribution is 0.116. The van der Waals surface area contributed by atoms with Gasteiger partial charge in [-0.1, -0.05) is 6.92 Å². The van der Waals surface area contributed by atoms with Gasteiger partial charge in [0.05, 0.1) is 10.2 Å². The summed E-state index contributed by atoms with van der Waals surface area (Å²) in [6.07, 6.45) is 3.48. The van der Waals surface area contributed by atoms with Crippen molar-refractivity contribution in [2.75, 3.05) is 19.0 Å². The number of nitrogens with zero attached hydrogens (tertiary/aromatic N) is 2. The lowest BCUT2D eigenvalue weighted by Crippen LogP contribution is -2.07. The quantitative estimate of drug-likeness (QED) is 0.820. The third-order valence-electron chi connectivity index (χ3n) is 2.70. The van der Waals surface area contributed by atoms with E-state index in [-0.39, 0.29) is 0 Å². The first kappa shape index (κ1) is 12.8. The van der Waals surface area contributed by atoms with Gasteiger partial charge in [0.15, 0.2) is 5.82 Å². The molecular weight excluding hydrogens is 282 g/mol. The molecule has 1 fully saturated rings. The molecule has 4 nitrogen and oxygen atoms in total. The van der Waals surface area contributed by atoms with E-state index in [0.717, 1.165) is 34.8 Å². The highest BCUT2D eigenvalue weighted by atomic mass is 79.9. The van der Waals surface area contributed by atoms with E-state index in [0.29, 0.717) is 12.5 Å². The number of halogens is 1. The second-order valence-corrected chi connectivity index (χ2v) is 5.06. The summed E-state index contributed by atoms with van der Waals surface area (Å²) in [6.45, 7) is 3.35. The van der Waals surface area contributed by atoms with E-state index < -0.39 is 0 Å². The Kier molecular flexibility index (Phi) is 4.34. The highest BCUT2D eigenvalue weighted by Gasteiger charge is 2.29. The van der Waals surface area contributed by atoms with Crippen molar-refractivity contribution in [2.24, 2.45) is 0 Å². The molecule has 5 heteroatoms. The minimum absolute atomic E-state index is 0.496. The normalized spacial score (nSPS) is 15.0. The smallest absolute Gasteiger partial charge is 0.156 e. The molecule has 0 bridgehead atoms. The summed E-state index contributed by atoms with van der Waals surface area (Å²) in [4.78, 5) is 9.03. The molecule has 1 aliphatic rings. The molecule has 0 atom stereocenters. The van der Waals surface area contributed by atoms with Crippen molar-refractivity contribution >= 4 is 21.7 Å². The van der Waals surface area contributed by atoms with Gasteiger partial charge in [0.2, 0.25) is 0 Å². The first-order valence-electron chi connectivity index (χ1n) is 6.08. The largest absolute Gasteiger partial charge is 0.373 e. The minimum Gasteiger partial charge on any atom is -0.373 e. The summed E-state index contributed by atoms with van der Waals surface area (Å²) in [7, 11) is 1.88. The molecule has 94 valence electrons. The van der Waals surface area contributed by atoms with Gasteiger partial charge in [0.25, 0.3) is 0 Å². The van der Waals surface area contributed by atoms with Crippen LogP contribution in [0.25, 0.3) is 0 Å². The predicted molar refractivity (Wildman–Crippen MR) is 71.2 cm³/mol. The Morgan fingerprint density at radius 3 is 2.76 bits per heavy atom. The Morgan fingerprint density at radius 1 is 1.41 bits per heavy atom. The molecule has 1 aromatic heterocycles. The first-order chi connectivity index (χ1) is 8.26. The zero-order valence-corrected chi connectivity index (χ0v) is 11.9. The van der Waals surface area contributed by atoms with E-state index >= 15 is 0 Å². The summed E-state index contributed by atoms with van der Waals surface area (Å²) < 4.78 is 6.50. The summed E-state index contributed by atoms with van der Waals surface area (Å²) in [6, 6.07) is 0. The molecule has 0 aliphatic heterocycles. The maximum atomic E-state index is 5.50. The van der Waals surface area contributed by atoms with Gasteiger partial charge in [-0.05, 0) is 35.2 Å². The zero-order chi connectivity index (χ0) is 12.3. The monoisotopic (exact) mass is 299 g/mol. The molecule has 1 heterocycles. The number of hydrogen-bond acceptors (Lipinski definition) is 4. The molecule has 0 unspecified atom stereocenters. The van der Waals surface area contributed by atoms with E-state index in [1.165, 1.54) is 12.8 Å². The van der Waals surface area contributed by atoms with Crippen LogP contribution in [-0.4, -0.2) is 23.6 Å². The molecule has 1 saturated carbocycles. The third-order valence-corrected chi connectivity index (χ3v) is 3.49. The van der Waals surface area contributed by atoms with Crippen molar-refractivity contribution in [3.63, 3.8) is 0 Å². The van der Waals surface area contributed by atoms with Crippen molar-refractivity contribution in [1.29, 1.82) is 0 Å². The van der Waals surface area contributed by atoms with Crippen LogP contribution in [-0.2, 0) is 11.3 Å². The standard InChI is InChI=1S/C12H18BrN3O/c1-3-6-17-7-9-15-11(8-4-5-8)10(13)12(14-2)16-9/h8H,3-7H2,1-2H3,(H,14,15,16). The lowest BCUT2D eigenvalue weighted by atomic mass is 10.2. The minimum atomic E-state index is 0.496. The van der Waals surface area contributed by atoms with Gasteiger partial charge in [0, 0.05) is 19.6 Å². The Hall–Kier alpha value is -0.680. The van der Waals surface area contributed by atoms with Crippen molar-refractivity contribution in [1.82, 2.24) is 9.97 Å². The first-order valence-corrected chi connectivity index (χ1v) is 6.87. The van der Waals surface area contributed by atoms with Crippen LogP contribution in [0.4, 0.5) is 5.82 Å². The van der Waals surface area contributed by atoms with E-state index in [4.69, 9.17) is 4.74 Å². The number of aromatic nitrogens is 2. The van der Waals surface area contributed by atoms with Gasteiger partial charge in [-0.15, -0.1) is 0 Å². The number of hydrogen-bond donors (Lipinski definition) is 1. The molecule has 17 heavy (non-hydrogen) atoms. The van der Waals surface area contributed by atoms with Crippen LogP contribution >= 0.6 is 15.9 Å². The van der Waals surface area contributed by atoms with Gasteiger partial charge in [0.1, 0.15) is 12.4 Å². The molecule has 0 saturated heterocycles. The lowest BCUT2D eigenvalue weighted by Gasteiger charge is -2.10. The number of anilines is 1. The van der Waals surface area contributed by atoms with Gasteiger partial charge in [-0.25, -0.2) is 9.97 Å². The maximum Gasteiger partial charge on any atom is 0.156 e. The van der Waals surface area contributed by atoms with Gasteiger partial charge in [-0.2, -0.15) is 0 Å². The van der Waals surface area contributed by atoms with Crippen LogP contribution in [0.5, 0.6) is 0 Å². The molecule has 0 radical (unpaired) electrons. The van der Waals surface area contributed by atoms with E-state index in [1.54, 1.807) is 0 Å². The molecule has 1 N–H and O–H groups in total. The summed E-state index contributed by atoms with van der Waals surface area (Å²) in [5.74, 6) is 2.23. The van der Waals surface area contributed by atoms with Gasteiger partial charge < -0.3 is 10.1 Å². The van der Waals surface area contributed by atoms with Crippen LogP contribution in [0.2, 0.25) is 0 Å². The second-order valence-electron chi connectivity index (χ2n) is 4.26. The number of rotatable bonds is 6. The third kappa shape index (κ3) is 3.16. The van der Waals surface area contributed by atoms with E-state index in [1.807, 2.05) is 7.05 Å². The molecule has 0 aromatic carbocycles. The van der Waals surface area contributed by atoms with E-state index in [9.17, 15) is 0 Å². The summed E-state index contributed by atoms with van der Waals surface area (Å²) >= 11 is 3.57. The Labute approximate surface area is 110 Å². The Balaban J connectivity index is 2.17. The predicted octanol–water partition coefficient (Wildman–Crippen LogP) is 3.08. The molecule has 1 aliphatic carbocycles. The second kappa shape index (κ2) is 5.78. The Bertz CT molecular complexity index is 394. The molecule has 1 aromatic rings. The zero-order valence-electron chi connectivity index (χ0n) is 10.3. The van der Waals surface area contributed by atoms with Crippen molar-refractivity contribution in [3.8, 4) is 0 Å². The fraction of sp³-hybridized carbons (Fsp3) is 0.667. The highest BCUT2D eigenvalue weighted by molar-refractivity contribution is 9.10. The number of nitrogens with one attached hydrogen (secondary N) is 1. The SMILES string of the molecule is CCCOCc1nc(NC)c(Br)c(C2CC2)n1. The van der Waals surface area contributed by atoms with E-state index in [2.05, 4.69) is 38.1 Å². The van der Waals surface area contributed by atoms with Crippen LogP contribution in [0.3, 0.4) is 0 Å². The fourth-order valence-electron chi connectivity index (χ4n) is 1.68. The molecular formula is C12H18BrN3O. The van der Waals surface area contributed by atoms with Crippen LogP contribution in [0.15, 0.2) is 4.47 Å². The maximum absolute atomic E-state index is 5.50. The van der Waals surface area contributed by atoms with Crippen molar-refractivity contribution < 1.29 is 4.74 Å². The molecule has 2 rings (SSSR count). The highest BCUT2D eigenvalue weighted by Crippen LogP contribution is 2.43. The molecule has 0 spiro atoms. The molecule has 0 amide bonds. The topological polar surface area (TPSA) is 47.0 Å². The summed E-state index contributed by atoms with van der Waals surface area (Å²) in [5, 5.41) is 3.10. The average Bonchev–Trinajstić information content (AvgIpc) is 3.15. The summed E-state index contributed by atoms with van der Waals surface area (Å²) in [5.41, 5.74) is 1.12. The number of ether oxygens (including phenoxy) is 1. The average molecular weight is 300 g/mol. The van der Waals surface area contributed by atoms with Crippen LogP contribution in [0, 0.1) is 0 Å². The van der Waals surface area contributed by atoms with Gasteiger partial charge >= 0.3 is 0 Å². The Morgan fingerprint density at radius 2 is 2.18 bits per heavy atom. The van der Waals surface area contributed by atoms with Crippen molar-refractivity contribution in [2.45, 2.75) is 38.7 Å². The fourth-order valence-corrected chi connectivity index (χ4v) is 2.38. The van der Waals surface area contributed by atoms with Crippen molar-refractivity contribution in [3.05, 3.63) is 16.0 Å². The van der Waals surface area contributed by atoms with Crippen LogP contribution < -0.4 is 5.32 Å².